The van der Waals surface area contributed by atoms with Gasteiger partial charge in [0.2, 0.25) is 0 Å². The fraction of sp³-hybridized carbons (Fsp3) is 0.233. The minimum absolute atomic E-state index is 0.196. The van der Waals surface area contributed by atoms with Crippen LogP contribution in [0.5, 0.6) is 0 Å². The van der Waals surface area contributed by atoms with Crippen LogP contribution in [0.1, 0.15) is 51.6 Å². The van der Waals surface area contributed by atoms with Crippen LogP contribution in [-0.2, 0) is 5.67 Å². The lowest BCUT2D eigenvalue weighted by molar-refractivity contribution is 0.102. The monoisotopic (exact) mass is 513 g/mol. The van der Waals surface area contributed by atoms with Crippen molar-refractivity contribution < 1.29 is 14.0 Å². The molecule has 2 N–H and O–H groups in total. The number of amides is 1. The molecule has 0 spiro atoms. The number of nitrogens with one attached hydrogen (secondary N) is 2. The van der Waals surface area contributed by atoms with Crippen LogP contribution in [0, 0.1) is 13.8 Å². The highest BCUT2D eigenvalue weighted by molar-refractivity contribution is 6.04. The van der Waals surface area contributed by atoms with Crippen LogP contribution in [-0.4, -0.2) is 41.2 Å². The molecule has 38 heavy (non-hydrogen) atoms. The molecule has 4 rings (SSSR count). The lowest BCUT2D eigenvalue weighted by atomic mass is 9.96. The zero-order chi connectivity index (χ0) is 27.9. The number of hydrogen-bond acceptors (Lipinski definition) is 6. The fourth-order valence-corrected chi connectivity index (χ4v) is 3.76. The zero-order valence-corrected chi connectivity index (χ0v) is 22.5. The molecule has 0 aliphatic heterocycles. The number of carbonyl (C=O) groups excluding carboxylic acids is 2. The molecule has 0 radical (unpaired) electrons. The number of halogens is 1. The van der Waals surface area contributed by atoms with Crippen molar-refractivity contribution in [2.24, 2.45) is 0 Å². The van der Waals surface area contributed by atoms with Gasteiger partial charge >= 0.3 is 0 Å². The number of anilines is 1. The normalized spacial score (nSPS) is 10.8. The molecular weight excluding hydrogens is 481 g/mol. The van der Waals surface area contributed by atoms with E-state index in [0.717, 1.165) is 33.5 Å². The van der Waals surface area contributed by atoms with E-state index in [2.05, 4.69) is 25.6 Å². The number of benzene rings is 1. The molecule has 0 aliphatic carbocycles. The molecular formula is C30H32FN5O2. The van der Waals surface area contributed by atoms with Crippen LogP contribution in [0.2, 0.25) is 0 Å². The number of aldehydes is 1. The Morgan fingerprint density at radius 1 is 0.895 bits per heavy atom. The highest BCUT2D eigenvalue weighted by atomic mass is 19.1. The third-order valence-corrected chi connectivity index (χ3v) is 5.74. The topological polar surface area (TPSA) is 96.9 Å². The second kappa shape index (κ2) is 12.3. The first kappa shape index (κ1) is 28.3. The van der Waals surface area contributed by atoms with Crippen LogP contribution in [0.3, 0.4) is 0 Å². The summed E-state index contributed by atoms with van der Waals surface area (Å²) >= 11 is 0. The van der Waals surface area contributed by atoms with Crippen molar-refractivity contribution in [3.63, 3.8) is 0 Å². The number of aromatic nitrogens is 3. The maximum atomic E-state index is 14.3. The van der Waals surface area contributed by atoms with E-state index in [1.165, 1.54) is 26.1 Å². The smallest absolute Gasteiger partial charge is 0.255 e. The summed E-state index contributed by atoms with van der Waals surface area (Å²) in [5.41, 5.74) is 5.16. The first-order valence-corrected chi connectivity index (χ1v) is 12.1. The summed E-state index contributed by atoms with van der Waals surface area (Å²) in [5.74, 6) is -0.353. The van der Waals surface area contributed by atoms with E-state index < -0.39 is 5.67 Å². The summed E-state index contributed by atoms with van der Waals surface area (Å²) in [6.07, 6.45) is 5.53. The molecule has 3 aromatic heterocycles. The van der Waals surface area contributed by atoms with Gasteiger partial charge in [-0.05, 0) is 101 Å². The summed E-state index contributed by atoms with van der Waals surface area (Å²) in [6, 6.07) is 14.2. The van der Waals surface area contributed by atoms with Gasteiger partial charge in [0.05, 0.1) is 5.69 Å². The zero-order valence-electron chi connectivity index (χ0n) is 22.5. The van der Waals surface area contributed by atoms with E-state index in [4.69, 9.17) is 0 Å². The maximum Gasteiger partial charge on any atom is 0.255 e. The largest absolute Gasteiger partial charge is 0.323 e. The molecule has 196 valence electrons. The van der Waals surface area contributed by atoms with Crippen molar-refractivity contribution in [2.75, 3.05) is 19.4 Å². The van der Waals surface area contributed by atoms with Gasteiger partial charge in [0.1, 0.15) is 11.4 Å². The van der Waals surface area contributed by atoms with Crippen molar-refractivity contribution in [3.05, 3.63) is 95.3 Å². The second-order valence-corrected chi connectivity index (χ2v) is 9.33. The van der Waals surface area contributed by atoms with E-state index in [1.807, 2.05) is 58.3 Å². The number of alkyl halides is 1. The molecule has 1 amide bonds. The summed E-state index contributed by atoms with van der Waals surface area (Å²) in [6.45, 7) is 6.69. The van der Waals surface area contributed by atoms with Crippen LogP contribution in [0.25, 0.3) is 22.3 Å². The average molecular weight is 514 g/mol. The lowest BCUT2D eigenvalue weighted by Gasteiger charge is -2.15. The molecule has 0 bridgehead atoms. The molecule has 0 aliphatic rings. The molecule has 4 aromatic rings. The van der Waals surface area contributed by atoms with Crippen molar-refractivity contribution in [2.45, 2.75) is 33.4 Å². The first-order valence-electron chi connectivity index (χ1n) is 12.1. The summed E-state index contributed by atoms with van der Waals surface area (Å²) in [5, 5.41) is 5.64. The molecule has 0 fully saturated rings. The molecule has 0 saturated heterocycles. The summed E-state index contributed by atoms with van der Waals surface area (Å²) in [4.78, 5) is 36.7. The van der Waals surface area contributed by atoms with E-state index in [-0.39, 0.29) is 11.6 Å². The quantitative estimate of drug-likeness (QED) is 0.310. The molecule has 8 heteroatoms. The number of hydrogen-bond donors (Lipinski definition) is 2. The molecule has 0 unspecified atom stereocenters. The Morgan fingerprint density at radius 2 is 1.61 bits per heavy atom. The molecule has 1 aromatic carbocycles. The Kier molecular flexibility index (Phi) is 9.15. The Hall–Kier alpha value is -4.30. The Morgan fingerprint density at radius 3 is 2.29 bits per heavy atom. The van der Waals surface area contributed by atoms with Gasteiger partial charge < -0.3 is 10.6 Å². The standard InChI is InChI=1S/C28H25FN4O2.C2H7N/c1-17-5-6-22(33-27(35)20-8-10-31-26(13-20)28(3,4)29)14-24(17)21-12-25(18(2)32-15-21)19-7-9-30-23(11-19)16-34;1-3-2/h5-16H,1-4H3,(H,33,35);3H,1-2H3. The van der Waals surface area contributed by atoms with Crippen molar-refractivity contribution in [1.29, 1.82) is 0 Å². The predicted octanol–water partition coefficient (Wildman–Crippen LogP) is 5.93. The number of carbonyl (C=O) groups is 2. The van der Waals surface area contributed by atoms with Crippen LogP contribution in [0.4, 0.5) is 10.1 Å². The van der Waals surface area contributed by atoms with Gasteiger partial charge in [0, 0.05) is 46.7 Å². The fourth-order valence-electron chi connectivity index (χ4n) is 3.76. The average Bonchev–Trinajstić information content (AvgIpc) is 2.90. The van der Waals surface area contributed by atoms with Gasteiger partial charge in [-0.2, -0.15) is 0 Å². The van der Waals surface area contributed by atoms with Gasteiger partial charge in [0.25, 0.3) is 5.91 Å². The Labute approximate surface area is 222 Å². The first-order chi connectivity index (χ1) is 18.1. The van der Waals surface area contributed by atoms with E-state index >= 15 is 0 Å². The van der Waals surface area contributed by atoms with E-state index in [0.29, 0.717) is 23.2 Å². The molecule has 3 heterocycles. The van der Waals surface area contributed by atoms with Crippen LogP contribution >= 0.6 is 0 Å². The van der Waals surface area contributed by atoms with E-state index in [9.17, 15) is 14.0 Å². The Bertz CT molecular complexity index is 1450. The highest BCUT2D eigenvalue weighted by Crippen LogP contribution is 2.31. The van der Waals surface area contributed by atoms with Gasteiger partial charge in [-0.15, -0.1) is 0 Å². The number of rotatable bonds is 6. The molecule has 7 nitrogen and oxygen atoms in total. The minimum atomic E-state index is -1.65. The Balaban J connectivity index is 0.00000127. The van der Waals surface area contributed by atoms with Gasteiger partial charge in [-0.3, -0.25) is 24.5 Å². The van der Waals surface area contributed by atoms with Crippen molar-refractivity contribution in [3.8, 4) is 22.3 Å². The summed E-state index contributed by atoms with van der Waals surface area (Å²) < 4.78 is 14.3. The van der Waals surface area contributed by atoms with Gasteiger partial charge in [-0.25, -0.2) is 4.39 Å². The lowest BCUT2D eigenvalue weighted by Crippen LogP contribution is -2.16. The highest BCUT2D eigenvalue weighted by Gasteiger charge is 2.22. The maximum absolute atomic E-state index is 14.3. The number of nitrogens with zero attached hydrogens (tertiary/aromatic N) is 3. The summed E-state index contributed by atoms with van der Waals surface area (Å²) in [7, 11) is 3.75. The predicted molar refractivity (Wildman–Crippen MR) is 149 cm³/mol. The third kappa shape index (κ3) is 6.92. The van der Waals surface area contributed by atoms with Crippen LogP contribution in [0.15, 0.2) is 67.1 Å². The van der Waals surface area contributed by atoms with Crippen LogP contribution < -0.4 is 10.6 Å². The van der Waals surface area contributed by atoms with Gasteiger partial charge in [-0.1, -0.05) is 6.07 Å². The number of aryl methyl sites for hydroxylation is 2. The SMILES string of the molecule is CNC.Cc1ccc(NC(=O)c2ccnc(C(C)(C)F)c2)cc1-c1cnc(C)c(-c2ccnc(C=O)c2)c1. The third-order valence-electron chi connectivity index (χ3n) is 5.74. The van der Waals surface area contributed by atoms with E-state index in [1.54, 1.807) is 24.5 Å². The van der Waals surface area contributed by atoms with Gasteiger partial charge in [0.15, 0.2) is 6.29 Å². The van der Waals surface area contributed by atoms with Crippen molar-refractivity contribution in [1.82, 2.24) is 20.3 Å². The minimum Gasteiger partial charge on any atom is -0.323 e. The molecule has 0 saturated carbocycles. The number of pyridine rings is 3. The second-order valence-electron chi connectivity index (χ2n) is 9.33. The molecule has 0 atom stereocenters. The van der Waals surface area contributed by atoms with Crippen molar-refractivity contribution >= 4 is 17.9 Å².